The molecule has 0 saturated heterocycles. The molecule has 4 aromatic carbocycles. The summed E-state index contributed by atoms with van der Waals surface area (Å²) >= 11 is 0. The van der Waals surface area contributed by atoms with Crippen LogP contribution < -0.4 is 15.4 Å². The molecule has 0 saturated carbocycles. The van der Waals surface area contributed by atoms with E-state index in [1.165, 1.54) is 5.56 Å². The first kappa shape index (κ1) is 32.5. The number of carbonyl (C=O) groups is 2. The lowest BCUT2D eigenvalue weighted by Crippen LogP contribution is -2.49. The summed E-state index contributed by atoms with van der Waals surface area (Å²) in [5, 5.41) is 17.7. The van der Waals surface area contributed by atoms with E-state index in [4.69, 9.17) is 4.74 Å². The molecule has 0 bridgehead atoms. The number of carbonyl (C=O) groups excluding carboxylic acids is 2. The van der Waals surface area contributed by atoms with Gasteiger partial charge in [-0.2, -0.15) is 0 Å². The van der Waals surface area contributed by atoms with E-state index in [9.17, 15) is 14.7 Å². The molecule has 44 heavy (non-hydrogen) atoms. The Morgan fingerprint density at radius 2 is 1.52 bits per heavy atom. The standard InChI is InChI=1S/C37H43N3O4/c1-25-17-19-29(20-18-25)26(2)38-24-35(41)34(21-28-11-7-6-8-12-28)39-36(42)31-14-9-15-32(22-31)37(43)40(4)27(3)30-13-10-16-33(23-30)44-5/h6-20,22-23,26-27,34-35,38,41H,21,24H2,1-5H3,(H,39,42)/t26-,27?,34+,35-/m1/s1. The van der Waals surface area contributed by atoms with Crippen LogP contribution in [0.3, 0.4) is 0 Å². The third-order valence-electron chi connectivity index (χ3n) is 8.14. The zero-order valence-corrected chi connectivity index (χ0v) is 26.2. The number of hydrogen-bond acceptors (Lipinski definition) is 5. The van der Waals surface area contributed by atoms with Crippen LogP contribution in [0, 0.1) is 6.92 Å². The summed E-state index contributed by atoms with van der Waals surface area (Å²) in [7, 11) is 3.36. The summed E-state index contributed by atoms with van der Waals surface area (Å²) in [5.41, 5.74) is 5.01. The molecule has 4 atom stereocenters. The summed E-state index contributed by atoms with van der Waals surface area (Å²) in [5.74, 6) is 0.167. The van der Waals surface area contributed by atoms with Gasteiger partial charge in [0, 0.05) is 30.8 Å². The molecule has 7 nitrogen and oxygen atoms in total. The Hall–Kier alpha value is -4.46. The lowest BCUT2D eigenvalue weighted by Gasteiger charge is -2.27. The lowest BCUT2D eigenvalue weighted by atomic mass is 9.99. The molecular formula is C37H43N3O4. The number of methoxy groups -OCH3 is 1. The minimum Gasteiger partial charge on any atom is -0.497 e. The predicted molar refractivity (Wildman–Crippen MR) is 175 cm³/mol. The molecule has 0 fully saturated rings. The van der Waals surface area contributed by atoms with Gasteiger partial charge in [0.15, 0.2) is 0 Å². The Labute approximate surface area is 260 Å². The number of nitrogens with zero attached hydrogens (tertiary/aromatic N) is 1. The molecule has 0 radical (unpaired) electrons. The van der Waals surface area contributed by atoms with Crippen molar-refractivity contribution in [2.75, 3.05) is 20.7 Å². The van der Waals surface area contributed by atoms with Crippen LogP contribution in [0.2, 0.25) is 0 Å². The molecule has 0 spiro atoms. The predicted octanol–water partition coefficient (Wildman–Crippen LogP) is 5.89. The van der Waals surface area contributed by atoms with Crippen LogP contribution >= 0.6 is 0 Å². The fourth-order valence-corrected chi connectivity index (χ4v) is 5.11. The second-order valence-electron chi connectivity index (χ2n) is 11.3. The van der Waals surface area contributed by atoms with Crippen LogP contribution in [0.25, 0.3) is 0 Å². The van der Waals surface area contributed by atoms with Gasteiger partial charge in [0.2, 0.25) is 0 Å². The highest BCUT2D eigenvalue weighted by Gasteiger charge is 2.25. The number of amides is 2. The highest BCUT2D eigenvalue weighted by molar-refractivity contribution is 5.99. The van der Waals surface area contributed by atoms with E-state index in [-0.39, 0.29) is 30.4 Å². The van der Waals surface area contributed by atoms with Crippen molar-refractivity contribution in [2.45, 2.75) is 51.4 Å². The number of aliphatic hydroxyl groups is 1. The minimum atomic E-state index is -0.855. The Morgan fingerprint density at radius 3 is 2.23 bits per heavy atom. The summed E-state index contributed by atoms with van der Waals surface area (Å²) in [6, 6.07) is 31.6. The van der Waals surface area contributed by atoms with Gasteiger partial charge in [0.05, 0.1) is 25.3 Å². The molecule has 0 aromatic heterocycles. The summed E-state index contributed by atoms with van der Waals surface area (Å²) in [6.45, 7) is 6.34. The largest absolute Gasteiger partial charge is 0.497 e. The Bertz CT molecular complexity index is 1520. The molecule has 230 valence electrons. The lowest BCUT2D eigenvalue weighted by molar-refractivity contribution is 0.0742. The molecule has 2 amide bonds. The average molecular weight is 594 g/mol. The van der Waals surface area contributed by atoms with Gasteiger partial charge in [-0.1, -0.05) is 78.4 Å². The average Bonchev–Trinajstić information content (AvgIpc) is 3.06. The molecule has 7 heteroatoms. The minimum absolute atomic E-state index is 0.0253. The molecular weight excluding hydrogens is 550 g/mol. The van der Waals surface area contributed by atoms with Gasteiger partial charge in [-0.15, -0.1) is 0 Å². The third-order valence-corrected chi connectivity index (χ3v) is 8.14. The maximum absolute atomic E-state index is 13.5. The van der Waals surface area contributed by atoms with Crippen LogP contribution in [0.4, 0.5) is 0 Å². The third kappa shape index (κ3) is 8.56. The number of aliphatic hydroxyl groups excluding tert-OH is 1. The Balaban J connectivity index is 1.46. The first-order valence-electron chi connectivity index (χ1n) is 15.0. The zero-order chi connectivity index (χ0) is 31.6. The van der Waals surface area contributed by atoms with Crippen LogP contribution in [0.1, 0.15) is 68.9 Å². The van der Waals surface area contributed by atoms with E-state index >= 15 is 0 Å². The normalized spacial score (nSPS) is 13.8. The van der Waals surface area contributed by atoms with Crippen LogP contribution in [0.15, 0.2) is 103 Å². The van der Waals surface area contributed by atoms with Gasteiger partial charge in [0.25, 0.3) is 11.8 Å². The molecule has 4 aromatic rings. The molecule has 1 unspecified atom stereocenters. The summed E-state index contributed by atoms with van der Waals surface area (Å²) in [4.78, 5) is 28.6. The van der Waals surface area contributed by atoms with E-state index in [1.54, 1.807) is 43.3 Å². The van der Waals surface area contributed by atoms with Gasteiger partial charge in [-0.25, -0.2) is 0 Å². The van der Waals surface area contributed by atoms with E-state index in [2.05, 4.69) is 48.7 Å². The molecule has 4 rings (SSSR count). The van der Waals surface area contributed by atoms with Crippen LogP contribution in [-0.4, -0.2) is 54.7 Å². The van der Waals surface area contributed by atoms with Crippen LogP contribution in [0.5, 0.6) is 5.75 Å². The number of aryl methyl sites for hydroxylation is 1. The monoisotopic (exact) mass is 593 g/mol. The molecule has 3 N–H and O–H groups in total. The van der Waals surface area contributed by atoms with Crippen LogP contribution in [-0.2, 0) is 6.42 Å². The van der Waals surface area contributed by atoms with E-state index < -0.39 is 12.1 Å². The fraction of sp³-hybridized carbons (Fsp3) is 0.297. The Morgan fingerprint density at radius 1 is 0.841 bits per heavy atom. The number of hydrogen-bond donors (Lipinski definition) is 3. The second kappa shape index (κ2) is 15.3. The maximum Gasteiger partial charge on any atom is 0.254 e. The summed E-state index contributed by atoms with van der Waals surface area (Å²) in [6.07, 6.45) is -0.403. The first-order chi connectivity index (χ1) is 21.2. The van der Waals surface area contributed by atoms with E-state index in [0.717, 1.165) is 22.4 Å². The molecule has 0 aliphatic carbocycles. The van der Waals surface area contributed by atoms with Crippen molar-refractivity contribution >= 4 is 11.8 Å². The van der Waals surface area contributed by atoms with Crippen molar-refractivity contribution in [3.8, 4) is 5.75 Å². The fourth-order valence-electron chi connectivity index (χ4n) is 5.11. The van der Waals surface area contributed by atoms with Crippen molar-refractivity contribution in [2.24, 2.45) is 0 Å². The van der Waals surface area contributed by atoms with Gasteiger partial charge < -0.3 is 25.4 Å². The highest BCUT2D eigenvalue weighted by Crippen LogP contribution is 2.24. The SMILES string of the molecule is COc1cccc(C(C)N(C)C(=O)c2cccc(C(=O)N[C@@H](Cc3ccccc3)[C@H](O)CN[C@H](C)c3ccc(C)cc3)c2)c1. The van der Waals surface area contributed by atoms with Gasteiger partial charge >= 0.3 is 0 Å². The summed E-state index contributed by atoms with van der Waals surface area (Å²) < 4.78 is 5.34. The topological polar surface area (TPSA) is 90.9 Å². The number of nitrogens with one attached hydrogen (secondary N) is 2. The molecule has 0 aliphatic rings. The Kier molecular flexibility index (Phi) is 11.3. The van der Waals surface area contributed by atoms with Crippen molar-refractivity contribution in [1.82, 2.24) is 15.5 Å². The van der Waals surface area contributed by atoms with Crippen molar-refractivity contribution in [3.05, 3.63) is 137 Å². The second-order valence-corrected chi connectivity index (χ2v) is 11.3. The maximum atomic E-state index is 13.5. The zero-order valence-electron chi connectivity index (χ0n) is 26.2. The van der Waals surface area contributed by atoms with Gasteiger partial charge in [-0.05, 0) is 74.2 Å². The molecule has 0 aliphatic heterocycles. The quantitative estimate of drug-likeness (QED) is 0.180. The van der Waals surface area contributed by atoms with Crippen molar-refractivity contribution in [1.29, 1.82) is 0 Å². The number of benzene rings is 4. The smallest absolute Gasteiger partial charge is 0.254 e. The van der Waals surface area contributed by atoms with Crippen molar-refractivity contribution < 1.29 is 19.4 Å². The first-order valence-corrected chi connectivity index (χ1v) is 15.0. The van der Waals surface area contributed by atoms with Crippen molar-refractivity contribution in [3.63, 3.8) is 0 Å². The van der Waals surface area contributed by atoms with E-state index in [1.807, 2.05) is 61.5 Å². The van der Waals surface area contributed by atoms with Gasteiger partial charge in [-0.3, -0.25) is 9.59 Å². The number of ether oxygens (including phenoxy) is 1. The molecule has 0 heterocycles. The van der Waals surface area contributed by atoms with Gasteiger partial charge in [0.1, 0.15) is 5.75 Å². The number of rotatable bonds is 13. The highest BCUT2D eigenvalue weighted by atomic mass is 16.5. The van der Waals surface area contributed by atoms with E-state index in [0.29, 0.717) is 17.5 Å².